The van der Waals surface area contributed by atoms with Gasteiger partial charge in [-0.05, 0) is 62.1 Å². The SMILES string of the molecule is CC1CCc2cc(F)ccc2O1.Cl.NCCc1ccccc1. The van der Waals surface area contributed by atoms with Gasteiger partial charge in [-0.3, -0.25) is 0 Å². The monoisotopic (exact) mass is 323 g/mol. The number of hydrogen-bond donors (Lipinski definition) is 1. The van der Waals surface area contributed by atoms with Crippen LogP contribution in [-0.2, 0) is 12.8 Å². The van der Waals surface area contributed by atoms with Crippen LogP contribution >= 0.6 is 12.4 Å². The fourth-order valence-corrected chi connectivity index (χ4v) is 2.30. The van der Waals surface area contributed by atoms with E-state index in [1.54, 1.807) is 12.1 Å². The van der Waals surface area contributed by atoms with E-state index in [4.69, 9.17) is 10.5 Å². The van der Waals surface area contributed by atoms with Crippen LogP contribution < -0.4 is 10.5 Å². The Morgan fingerprint density at radius 1 is 1.18 bits per heavy atom. The molecule has 0 saturated carbocycles. The highest BCUT2D eigenvalue weighted by Gasteiger charge is 2.15. The van der Waals surface area contributed by atoms with E-state index in [1.165, 1.54) is 11.6 Å². The third-order valence-electron chi connectivity index (χ3n) is 3.45. The molecular weight excluding hydrogens is 301 g/mol. The normalized spacial score (nSPS) is 15.5. The van der Waals surface area contributed by atoms with Crippen LogP contribution in [0.4, 0.5) is 4.39 Å². The molecule has 0 radical (unpaired) electrons. The van der Waals surface area contributed by atoms with Crippen LogP contribution in [0.2, 0.25) is 0 Å². The molecule has 2 aromatic rings. The highest BCUT2D eigenvalue weighted by Crippen LogP contribution is 2.27. The maximum Gasteiger partial charge on any atom is 0.123 e. The number of rotatable bonds is 2. The molecule has 1 atom stereocenters. The topological polar surface area (TPSA) is 35.2 Å². The predicted octanol–water partition coefficient (Wildman–Crippen LogP) is 4.15. The molecule has 4 heteroatoms. The Kier molecular flexibility index (Phi) is 7.92. The molecule has 0 bridgehead atoms. The van der Waals surface area contributed by atoms with Crippen molar-refractivity contribution in [2.24, 2.45) is 5.73 Å². The van der Waals surface area contributed by atoms with E-state index < -0.39 is 0 Å². The first kappa shape index (κ1) is 18.5. The number of aryl methyl sites for hydroxylation is 1. The summed E-state index contributed by atoms with van der Waals surface area (Å²) in [6.45, 7) is 2.77. The van der Waals surface area contributed by atoms with E-state index >= 15 is 0 Å². The molecule has 2 aromatic carbocycles. The van der Waals surface area contributed by atoms with E-state index in [9.17, 15) is 4.39 Å². The molecule has 22 heavy (non-hydrogen) atoms. The third kappa shape index (κ3) is 5.66. The quantitative estimate of drug-likeness (QED) is 0.901. The zero-order valence-corrected chi connectivity index (χ0v) is 13.6. The van der Waals surface area contributed by atoms with Gasteiger partial charge in [0.15, 0.2) is 0 Å². The van der Waals surface area contributed by atoms with Gasteiger partial charge >= 0.3 is 0 Å². The van der Waals surface area contributed by atoms with Crippen LogP contribution in [0.5, 0.6) is 5.75 Å². The summed E-state index contributed by atoms with van der Waals surface area (Å²) in [7, 11) is 0. The Morgan fingerprint density at radius 3 is 2.59 bits per heavy atom. The third-order valence-corrected chi connectivity index (χ3v) is 3.45. The minimum absolute atomic E-state index is 0. The molecular formula is C18H23ClFNO. The van der Waals surface area contributed by atoms with Crippen molar-refractivity contribution in [1.82, 2.24) is 0 Å². The van der Waals surface area contributed by atoms with E-state index in [1.807, 2.05) is 25.1 Å². The van der Waals surface area contributed by atoms with Crippen LogP contribution in [0.1, 0.15) is 24.5 Å². The van der Waals surface area contributed by atoms with Gasteiger partial charge in [-0.1, -0.05) is 30.3 Å². The second-order valence-corrected chi connectivity index (χ2v) is 5.24. The minimum Gasteiger partial charge on any atom is -0.490 e. The van der Waals surface area contributed by atoms with Gasteiger partial charge in [-0.15, -0.1) is 12.4 Å². The molecule has 2 N–H and O–H groups in total. The summed E-state index contributed by atoms with van der Waals surface area (Å²) < 4.78 is 18.3. The van der Waals surface area contributed by atoms with Crippen LogP contribution in [0.3, 0.4) is 0 Å². The van der Waals surface area contributed by atoms with Gasteiger partial charge in [0.2, 0.25) is 0 Å². The average Bonchev–Trinajstić information content (AvgIpc) is 2.50. The van der Waals surface area contributed by atoms with Gasteiger partial charge in [0.1, 0.15) is 11.6 Å². The molecule has 0 aliphatic carbocycles. The van der Waals surface area contributed by atoms with Gasteiger partial charge in [0, 0.05) is 0 Å². The Hall–Kier alpha value is -1.58. The summed E-state index contributed by atoms with van der Waals surface area (Å²) >= 11 is 0. The van der Waals surface area contributed by atoms with Crippen molar-refractivity contribution in [3.8, 4) is 5.75 Å². The van der Waals surface area contributed by atoms with E-state index in [2.05, 4.69) is 12.1 Å². The molecule has 2 nitrogen and oxygen atoms in total. The fourth-order valence-electron chi connectivity index (χ4n) is 2.30. The molecule has 120 valence electrons. The largest absolute Gasteiger partial charge is 0.490 e. The van der Waals surface area contributed by atoms with Crippen molar-refractivity contribution >= 4 is 12.4 Å². The van der Waals surface area contributed by atoms with Crippen molar-refractivity contribution in [3.63, 3.8) is 0 Å². The fraction of sp³-hybridized carbons (Fsp3) is 0.333. The van der Waals surface area contributed by atoms with E-state index in [0.717, 1.165) is 37.1 Å². The van der Waals surface area contributed by atoms with Crippen LogP contribution in [0, 0.1) is 5.82 Å². The predicted molar refractivity (Wildman–Crippen MR) is 91.3 cm³/mol. The molecule has 0 amide bonds. The number of nitrogens with two attached hydrogens (primary N) is 1. The number of fused-ring (bicyclic) bond motifs is 1. The van der Waals surface area contributed by atoms with E-state index in [-0.39, 0.29) is 24.3 Å². The molecule has 0 spiro atoms. The zero-order chi connectivity index (χ0) is 15.1. The second-order valence-electron chi connectivity index (χ2n) is 5.24. The molecule has 1 aliphatic rings. The van der Waals surface area contributed by atoms with Crippen LogP contribution in [-0.4, -0.2) is 12.6 Å². The minimum atomic E-state index is -0.174. The van der Waals surface area contributed by atoms with Crippen molar-refractivity contribution in [2.45, 2.75) is 32.3 Å². The van der Waals surface area contributed by atoms with Gasteiger partial charge < -0.3 is 10.5 Å². The Bertz CT molecular complexity index is 562. The van der Waals surface area contributed by atoms with Crippen molar-refractivity contribution in [1.29, 1.82) is 0 Å². The molecule has 0 saturated heterocycles. The number of hydrogen-bond acceptors (Lipinski definition) is 2. The lowest BCUT2D eigenvalue weighted by molar-refractivity contribution is 0.192. The lowest BCUT2D eigenvalue weighted by atomic mass is 10.0. The lowest BCUT2D eigenvalue weighted by Gasteiger charge is -2.22. The maximum absolute atomic E-state index is 12.7. The summed E-state index contributed by atoms with van der Waals surface area (Å²) in [5, 5.41) is 0. The molecule has 0 aromatic heterocycles. The van der Waals surface area contributed by atoms with Crippen molar-refractivity contribution < 1.29 is 9.13 Å². The van der Waals surface area contributed by atoms with Gasteiger partial charge in [0.25, 0.3) is 0 Å². The summed E-state index contributed by atoms with van der Waals surface area (Å²) in [5.74, 6) is 0.669. The Balaban J connectivity index is 0.000000219. The zero-order valence-electron chi connectivity index (χ0n) is 12.8. The molecule has 3 rings (SSSR count). The van der Waals surface area contributed by atoms with Gasteiger partial charge in [-0.25, -0.2) is 4.39 Å². The average molecular weight is 324 g/mol. The van der Waals surface area contributed by atoms with E-state index in [0.29, 0.717) is 0 Å². The Labute approximate surface area is 137 Å². The highest BCUT2D eigenvalue weighted by molar-refractivity contribution is 5.85. The highest BCUT2D eigenvalue weighted by atomic mass is 35.5. The summed E-state index contributed by atoms with van der Waals surface area (Å²) in [5.41, 5.74) is 7.67. The lowest BCUT2D eigenvalue weighted by Crippen LogP contribution is -2.18. The maximum atomic E-state index is 12.7. The second kappa shape index (κ2) is 9.44. The molecule has 1 aliphatic heterocycles. The first-order valence-corrected chi connectivity index (χ1v) is 7.38. The number of halogens is 2. The first-order chi connectivity index (χ1) is 10.2. The van der Waals surface area contributed by atoms with Gasteiger partial charge in [0.05, 0.1) is 6.10 Å². The smallest absolute Gasteiger partial charge is 0.123 e. The van der Waals surface area contributed by atoms with Crippen molar-refractivity contribution in [3.05, 3.63) is 65.5 Å². The summed E-state index contributed by atoms with van der Waals surface area (Å²) in [4.78, 5) is 0. The van der Waals surface area contributed by atoms with Crippen molar-refractivity contribution in [2.75, 3.05) is 6.54 Å². The molecule has 1 heterocycles. The summed E-state index contributed by atoms with van der Waals surface area (Å²) in [6.07, 6.45) is 3.16. The van der Waals surface area contributed by atoms with Crippen LogP contribution in [0.15, 0.2) is 48.5 Å². The van der Waals surface area contributed by atoms with Crippen LogP contribution in [0.25, 0.3) is 0 Å². The first-order valence-electron chi connectivity index (χ1n) is 7.38. The number of benzene rings is 2. The molecule has 1 unspecified atom stereocenters. The number of ether oxygens (including phenoxy) is 1. The summed E-state index contributed by atoms with van der Waals surface area (Å²) in [6, 6.07) is 15.0. The molecule has 0 fully saturated rings. The Morgan fingerprint density at radius 2 is 1.91 bits per heavy atom. The standard InChI is InChI=1S/C10H11FO.C8H11N.ClH/c1-7-2-3-8-6-9(11)4-5-10(8)12-7;9-7-6-8-4-2-1-3-5-8;/h4-7H,2-3H2,1H3;1-5H,6-7,9H2;1H. The van der Waals surface area contributed by atoms with Gasteiger partial charge in [-0.2, -0.15) is 0 Å².